The number of nitrogens with one attached hydrogen (secondary N) is 1. The van der Waals surface area contributed by atoms with Crippen molar-refractivity contribution < 1.29 is 5.11 Å². The molecule has 92 valence electrons. The summed E-state index contributed by atoms with van der Waals surface area (Å²) in [4.78, 5) is 0. The quantitative estimate of drug-likeness (QED) is 0.738. The number of anilines is 1. The highest BCUT2D eigenvalue weighted by molar-refractivity contribution is 5.50. The first-order valence-electron chi connectivity index (χ1n) is 6.11. The molecule has 1 rings (SSSR count). The van der Waals surface area contributed by atoms with Crippen LogP contribution in [0.25, 0.3) is 0 Å². The van der Waals surface area contributed by atoms with E-state index < -0.39 is 0 Å². The first kappa shape index (κ1) is 13.6. The van der Waals surface area contributed by atoms with Gasteiger partial charge in [0.2, 0.25) is 0 Å². The minimum atomic E-state index is -0.0356. The molecule has 0 aliphatic rings. The Balaban J connectivity index is 2.69. The SMILES string of the molecule is C#Cc1cccc(NCC(CC)(CC)CO)c1. The Bertz CT molecular complexity index is 380. The molecule has 0 unspecified atom stereocenters. The summed E-state index contributed by atoms with van der Waals surface area (Å²) in [5.74, 6) is 2.62. The minimum Gasteiger partial charge on any atom is -0.396 e. The molecular weight excluding hydrogens is 210 g/mol. The Morgan fingerprint density at radius 1 is 1.35 bits per heavy atom. The standard InChI is InChI=1S/C15H21NO/c1-4-13-8-7-9-14(10-13)16-11-15(5-2,6-3)12-17/h1,7-10,16-17H,5-6,11-12H2,2-3H3. The van der Waals surface area contributed by atoms with E-state index in [9.17, 15) is 5.11 Å². The van der Waals surface area contributed by atoms with Crippen LogP contribution in [0, 0.1) is 17.8 Å². The average Bonchev–Trinajstić information content (AvgIpc) is 2.41. The van der Waals surface area contributed by atoms with Gasteiger partial charge in [-0.1, -0.05) is 25.8 Å². The van der Waals surface area contributed by atoms with Crippen LogP contribution in [0.2, 0.25) is 0 Å². The number of benzene rings is 1. The highest BCUT2D eigenvalue weighted by Crippen LogP contribution is 2.26. The van der Waals surface area contributed by atoms with Crippen molar-refractivity contribution >= 4 is 5.69 Å². The number of aliphatic hydroxyl groups excluding tert-OH is 1. The van der Waals surface area contributed by atoms with E-state index in [2.05, 4.69) is 25.1 Å². The molecule has 0 heterocycles. The van der Waals surface area contributed by atoms with Gasteiger partial charge >= 0.3 is 0 Å². The van der Waals surface area contributed by atoms with Crippen LogP contribution in [0.15, 0.2) is 24.3 Å². The lowest BCUT2D eigenvalue weighted by Crippen LogP contribution is -2.32. The number of terminal acetylenes is 1. The van der Waals surface area contributed by atoms with E-state index in [1.54, 1.807) is 0 Å². The van der Waals surface area contributed by atoms with Gasteiger partial charge in [0.05, 0.1) is 6.61 Å². The lowest BCUT2D eigenvalue weighted by molar-refractivity contribution is 0.127. The Morgan fingerprint density at radius 3 is 2.59 bits per heavy atom. The van der Waals surface area contributed by atoms with Gasteiger partial charge in [-0.2, -0.15) is 0 Å². The summed E-state index contributed by atoms with van der Waals surface area (Å²) < 4.78 is 0. The first-order valence-corrected chi connectivity index (χ1v) is 6.11. The van der Waals surface area contributed by atoms with Crippen molar-refractivity contribution in [1.82, 2.24) is 0 Å². The molecule has 1 aromatic rings. The Labute approximate surface area is 104 Å². The van der Waals surface area contributed by atoms with Gasteiger partial charge in [-0.05, 0) is 31.0 Å². The lowest BCUT2D eigenvalue weighted by atomic mass is 9.83. The van der Waals surface area contributed by atoms with Crippen molar-refractivity contribution in [3.05, 3.63) is 29.8 Å². The minimum absolute atomic E-state index is 0.0356. The zero-order valence-corrected chi connectivity index (χ0v) is 10.7. The van der Waals surface area contributed by atoms with E-state index in [1.807, 2.05) is 24.3 Å². The van der Waals surface area contributed by atoms with Gasteiger partial charge in [0, 0.05) is 23.2 Å². The zero-order chi connectivity index (χ0) is 12.7. The van der Waals surface area contributed by atoms with Crippen molar-refractivity contribution in [1.29, 1.82) is 0 Å². The molecule has 0 atom stereocenters. The van der Waals surface area contributed by atoms with Gasteiger partial charge in [0.25, 0.3) is 0 Å². The number of aliphatic hydroxyl groups is 1. The van der Waals surface area contributed by atoms with E-state index >= 15 is 0 Å². The molecule has 17 heavy (non-hydrogen) atoms. The summed E-state index contributed by atoms with van der Waals surface area (Å²) in [7, 11) is 0. The molecule has 2 nitrogen and oxygen atoms in total. The molecule has 0 saturated carbocycles. The summed E-state index contributed by atoms with van der Waals surface area (Å²) in [6, 6.07) is 7.79. The van der Waals surface area contributed by atoms with Crippen LogP contribution >= 0.6 is 0 Å². The molecule has 0 radical (unpaired) electrons. The van der Waals surface area contributed by atoms with Gasteiger partial charge in [-0.25, -0.2) is 0 Å². The molecular formula is C15H21NO. The van der Waals surface area contributed by atoms with Crippen molar-refractivity contribution in [2.75, 3.05) is 18.5 Å². The van der Waals surface area contributed by atoms with Gasteiger partial charge in [0.15, 0.2) is 0 Å². The number of rotatable bonds is 6. The Morgan fingerprint density at radius 2 is 2.06 bits per heavy atom. The summed E-state index contributed by atoms with van der Waals surface area (Å²) in [6.45, 7) is 5.20. The molecule has 0 aliphatic carbocycles. The summed E-state index contributed by atoms with van der Waals surface area (Å²) in [5.41, 5.74) is 1.85. The van der Waals surface area contributed by atoms with Crippen LogP contribution in [-0.4, -0.2) is 18.3 Å². The normalized spacial score (nSPS) is 10.9. The van der Waals surface area contributed by atoms with Gasteiger partial charge in [0.1, 0.15) is 0 Å². The smallest absolute Gasteiger partial charge is 0.0504 e. The van der Waals surface area contributed by atoms with Crippen LogP contribution in [0.5, 0.6) is 0 Å². The molecule has 0 bridgehead atoms. The second-order valence-electron chi connectivity index (χ2n) is 4.44. The summed E-state index contributed by atoms with van der Waals surface area (Å²) in [6.07, 6.45) is 7.28. The maximum absolute atomic E-state index is 9.48. The highest BCUT2D eigenvalue weighted by Gasteiger charge is 2.24. The van der Waals surface area contributed by atoms with Crippen molar-refractivity contribution in [2.45, 2.75) is 26.7 Å². The maximum atomic E-state index is 9.48. The summed E-state index contributed by atoms with van der Waals surface area (Å²) in [5, 5.41) is 12.8. The van der Waals surface area contributed by atoms with Gasteiger partial charge < -0.3 is 10.4 Å². The predicted molar refractivity (Wildman–Crippen MR) is 73.0 cm³/mol. The molecule has 0 aliphatic heterocycles. The second-order valence-corrected chi connectivity index (χ2v) is 4.44. The van der Waals surface area contributed by atoms with Gasteiger partial charge in [-0.15, -0.1) is 6.42 Å². The predicted octanol–water partition coefficient (Wildman–Crippen LogP) is 2.88. The molecule has 0 spiro atoms. The molecule has 2 N–H and O–H groups in total. The molecule has 0 amide bonds. The van der Waals surface area contributed by atoms with Crippen LogP contribution in [0.3, 0.4) is 0 Å². The fraction of sp³-hybridized carbons (Fsp3) is 0.467. The highest BCUT2D eigenvalue weighted by atomic mass is 16.3. The first-order chi connectivity index (χ1) is 8.19. The third-order valence-corrected chi connectivity index (χ3v) is 3.53. The van der Waals surface area contributed by atoms with E-state index in [1.165, 1.54) is 0 Å². The largest absolute Gasteiger partial charge is 0.396 e. The van der Waals surface area contributed by atoms with Crippen LogP contribution in [0.1, 0.15) is 32.3 Å². The molecule has 0 aromatic heterocycles. The average molecular weight is 231 g/mol. The molecule has 1 aromatic carbocycles. The van der Waals surface area contributed by atoms with E-state index in [4.69, 9.17) is 6.42 Å². The van der Waals surface area contributed by atoms with Crippen molar-refractivity contribution in [3.8, 4) is 12.3 Å². The molecule has 0 saturated heterocycles. The van der Waals surface area contributed by atoms with Crippen LogP contribution < -0.4 is 5.32 Å². The van der Waals surface area contributed by atoms with Crippen molar-refractivity contribution in [2.24, 2.45) is 5.41 Å². The third kappa shape index (κ3) is 3.51. The summed E-state index contributed by atoms with van der Waals surface area (Å²) >= 11 is 0. The topological polar surface area (TPSA) is 32.3 Å². The second kappa shape index (κ2) is 6.32. The van der Waals surface area contributed by atoms with Crippen molar-refractivity contribution in [3.63, 3.8) is 0 Å². The Kier molecular flexibility index (Phi) is 5.06. The molecule has 2 heteroatoms. The van der Waals surface area contributed by atoms with Crippen LogP contribution in [-0.2, 0) is 0 Å². The number of hydrogen-bond acceptors (Lipinski definition) is 2. The zero-order valence-electron chi connectivity index (χ0n) is 10.7. The third-order valence-electron chi connectivity index (χ3n) is 3.53. The fourth-order valence-corrected chi connectivity index (χ4v) is 1.79. The molecule has 0 fully saturated rings. The number of hydrogen-bond donors (Lipinski definition) is 2. The monoisotopic (exact) mass is 231 g/mol. The van der Waals surface area contributed by atoms with E-state index in [0.717, 1.165) is 30.6 Å². The van der Waals surface area contributed by atoms with Crippen LogP contribution in [0.4, 0.5) is 5.69 Å². The maximum Gasteiger partial charge on any atom is 0.0504 e. The lowest BCUT2D eigenvalue weighted by Gasteiger charge is -2.30. The Hall–Kier alpha value is -1.46. The van der Waals surface area contributed by atoms with E-state index in [0.29, 0.717) is 0 Å². The fourth-order valence-electron chi connectivity index (χ4n) is 1.79. The van der Waals surface area contributed by atoms with E-state index in [-0.39, 0.29) is 12.0 Å². The van der Waals surface area contributed by atoms with Gasteiger partial charge in [-0.3, -0.25) is 0 Å².